The van der Waals surface area contributed by atoms with Crippen LogP contribution in [-0.2, 0) is 28.9 Å². The van der Waals surface area contributed by atoms with Crippen LogP contribution in [0.15, 0.2) is 72.8 Å². The van der Waals surface area contributed by atoms with Gasteiger partial charge in [-0.05, 0) is 29.2 Å². The van der Waals surface area contributed by atoms with Crippen LogP contribution in [0.25, 0.3) is 0 Å². The summed E-state index contributed by atoms with van der Waals surface area (Å²) in [6.45, 7) is 1.30. The molecular weight excluding hydrogens is 525 g/mol. The quantitative estimate of drug-likeness (QED) is 0.193. The average molecular weight is 548 g/mol. The molecule has 0 radical (unpaired) electrons. The normalized spacial score (nSPS) is 26.6. The van der Waals surface area contributed by atoms with E-state index in [4.69, 9.17) is 27.9 Å². The van der Waals surface area contributed by atoms with Crippen LogP contribution in [0.3, 0.4) is 0 Å². The van der Waals surface area contributed by atoms with E-state index in [1.807, 2.05) is 55.5 Å². The van der Waals surface area contributed by atoms with E-state index in [1.54, 1.807) is 24.3 Å². The molecule has 1 fully saturated rings. The van der Waals surface area contributed by atoms with Crippen molar-refractivity contribution in [2.24, 2.45) is 11.8 Å². The lowest BCUT2D eigenvalue weighted by molar-refractivity contribution is -0.145. The maximum absolute atomic E-state index is 13.8. The second kappa shape index (κ2) is 8.79. The van der Waals surface area contributed by atoms with Crippen molar-refractivity contribution in [3.63, 3.8) is 0 Å². The maximum atomic E-state index is 13.8. The Morgan fingerprint density at radius 2 is 1.24 bits per heavy atom. The van der Waals surface area contributed by atoms with Crippen molar-refractivity contribution in [3.05, 3.63) is 106 Å². The molecule has 2 amide bonds. The first-order valence-electron chi connectivity index (χ1n) is 12.4. The SMILES string of the molecule is Cc1ccc(C(=O)COC(=O)CCN2C(=O)[C@@H]3[C@H](C2=O)C2(Cl)c4ccccc4C3(Cl)c3ccccc32)cc1. The van der Waals surface area contributed by atoms with Gasteiger partial charge in [-0.25, -0.2) is 0 Å². The molecule has 1 aliphatic heterocycles. The highest BCUT2D eigenvalue weighted by Crippen LogP contribution is 2.69. The van der Waals surface area contributed by atoms with Gasteiger partial charge in [-0.2, -0.15) is 0 Å². The number of rotatable bonds is 6. The molecule has 8 heteroatoms. The van der Waals surface area contributed by atoms with Gasteiger partial charge in [-0.1, -0.05) is 78.4 Å². The fraction of sp³-hybridized carbons (Fsp3) is 0.267. The average Bonchev–Trinajstić information content (AvgIpc) is 3.19. The topological polar surface area (TPSA) is 80.8 Å². The van der Waals surface area contributed by atoms with E-state index >= 15 is 0 Å². The van der Waals surface area contributed by atoms with Gasteiger partial charge in [0.15, 0.2) is 12.4 Å². The predicted molar refractivity (Wildman–Crippen MR) is 141 cm³/mol. The molecule has 2 atom stereocenters. The monoisotopic (exact) mass is 547 g/mol. The van der Waals surface area contributed by atoms with Gasteiger partial charge >= 0.3 is 5.97 Å². The Morgan fingerprint density at radius 3 is 1.68 bits per heavy atom. The van der Waals surface area contributed by atoms with Crippen molar-refractivity contribution in [1.82, 2.24) is 4.90 Å². The lowest BCUT2D eigenvalue weighted by atomic mass is 9.54. The molecule has 192 valence electrons. The van der Waals surface area contributed by atoms with Crippen molar-refractivity contribution in [1.29, 1.82) is 0 Å². The van der Waals surface area contributed by atoms with Gasteiger partial charge in [0.05, 0.1) is 18.3 Å². The molecule has 1 heterocycles. The molecular formula is C30H23Cl2NO5. The first kappa shape index (κ1) is 24.8. The number of benzene rings is 3. The van der Waals surface area contributed by atoms with Crippen molar-refractivity contribution in [2.45, 2.75) is 23.1 Å². The van der Waals surface area contributed by atoms with Gasteiger partial charge in [0.1, 0.15) is 9.75 Å². The Balaban J connectivity index is 1.23. The van der Waals surface area contributed by atoms with Crippen molar-refractivity contribution < 1.29 is 23.9 Å². The van der Waals surface area contributed by atoms with Gasteiger partial charge in [0.25, 0.3) is 0 Å². The number of carbonyl (C=O) groups is 4. The summed E-state index contributed by atoms with van der Waals surface area (Å²) in [4.78, 5) is 50.8. The molecule has 7 rings (SSSR count). The molecule has 3 aromatic carbocycles. The van der Waals surface area contributed by atoms with Crippen LogP contribution in [0, 0.1) is 18.8 Å². The van der Waals surface area contributed by atoms with Gasteiger partial charge in [-0.3, -0.25) is 24.1 Å². The van der Waals surface area contributed by atoms with E-state index in [9.17, 15) is 19.2 Å². The first-order valence-corrected chi connectivity index (χ1v) is 13.1. The van der Waals surface area contributed by atoms with Crippen LogP contribution in [-0.4, -0.2) is 41.6 Å². The summed E-state index contributed by atoms with van der Waals surface area (Å²) in [7, 11) is 0. The van der Waals surface area contributed by atoms with Gasteiger partial charge in [-0.15, -0.1) is 23.2 Å². The summed E-state index contributed by atoms with van der Waals surface area (Å²) in [5.41, 5.74) is 4.31. The number of alkyl halides is 2. The van der Waals surface area contributed by atoms with Crippen LogP contribution in [0.2, 0.25) is 0 Å². The molecule has 3 aromatic rings. The molecule has 0 N–H and O–H groups in total. The minimum atomic E-state index is -1.27. The minimum absolute atomic E-state index is 0.186. The van der Waals surface area contributed by atoms with E-state index in [2.05, 4.69) is 0 Å². The van der Waals surface area contributed by atoms with Crippen LogP contribution in [0.4, 0.5) is 0 Å². The van der Waals surface area contributed by atoms with Crippen LogP contribution >= 0.6 is 23.2 Å². The standard InChI is InChI=1S/C30H23Cl2NO5/c1-17-10-12-18(13-11-17)23(34)16-38-24(35)14-15-33-27(36)25-26(28(33)37)30(32)20-7-3-2-6-19(20)29(25,31)21-8-4-5-9-22(21)30/h2-13,25-26H,14-16H2,1H3/t25-,26+,29?,30?. The van der Waals surface area contributed by atoms with Gasteiger partial charge in [0, 0.05) is 12.1 Å². The van der Waals surface area contributed by atoms with E-state index in [-0.39, 0.29) is 18.7 Å². The van der Waals surface area contributed by atoms with Crippen molar-refractivity contribution >= 4 is 46.8 Å². The third-order valence-corrected chi connectivity index (χ3v) is 9.24. The fourth-order valence-electron chi connectivity index (χ4n) is 6.19. The van der Waals surface area contributed by atoms with Gasteiger partial charge < -0.3 is 4.74 Å². The zero-order chi connectivity index (χ0) is 26.8. The summed E-state index contributed by atoms with van der Waals surface area (Å²) in [6, 6.07) is 21.7. The molecule has 0 saturated carbocycles. The number of ether oxygens (including phenoxy) is 1. The van der Waals surface area contributed by atoms with Crippen molar-refractivity contribution in [3.8, 4) is 0 Å². The third kappa shape index (κ3) is 3.33. The Hall–Kier alpha value is -3.48. The number of hydrogen-bond donors (Lipinski definition) is 0. The molecule has 6 nitrogen and oxygen atoms in total. The van der Waals surface area contributed by atoms with E-state index < -0.39 is 46.0 Å². The zero-order valence-corrected chi connectivity index (χ0v) is 22.0. The lowest BCUT2D eigenvalue weighted by Crippen LogP contribution is -2.57. The summed E-state index contributed by atoms with van der Waals surface area (Å²) < 4.78 is 5.14. The predicted octanol–water partition coefficient (Wildman–Crippen LogP) is 4.70. The minimum Gasteiger partial charge on any atom is -0.457 e. The van der Waals surface area contributed by atoms with E-state index in [0.717, 1.165) is 10.5 Å². The summed E-state index contributed by atoms with van der Waals surface area (Å²) in [5, 5.41) is 0. The van der Waals surface area contributed by atoms with E-state index in [1.165, 1.54) is 0 Å². The number of carbonyl (C=O) groups excluding carboxylic acids is 4. The number of likely N-dealkylation sites (tertiary alicyclic amines) is 1. The Kier molecular flexibility index (Phi) is 5.74. The second-order valence-electron chi connectivity index (χ2n) is 10.00. The Labute approximate surface area is 229 Å². The molecule has 4 aliphatic rings. The Bertz CT molecular complexity index is 1390. The van der Waals surface area contributed by atoms with E-state index in [0.29, 0.717) is 27.8 Å². The first-order chi connectivity index (χ1) is 18.2. The van der Waals surface area contributed by atoms with Crippen LogP contribution < -0.4 is 0 Å². The highest BCUT2D eigenvalue weighted by molar-refractivity contribution is 6.36. The molecule has 0 spiro atoms. The second-order valence-corrected chi connectivity index (χ2v) is 11.2. The fourth-order valence-corrected chi connectivity index (χ4v) is 7.29. The number of nitrogens with zero attached hydrogens (tertiary/aromatic N) is 1. The summed E-state index contributed by atoms with van der Waals surface area (Å²) >= 11 is 14.7. The molecule has 1 saturated heterocycles. The number of Topliss-reactive ketones (excluding diaryl/α,β-unsaturated/α-hetero) is 1. The number of amides is 2. The molecule has 0 aromatic heterocycles. The number of halogens is 2. The maximum Gasteiger partial charge on any atom is 0.308 e. The number of hydrogen-bond acceptors (Lipinski definition) is 5. The largest absolute Gasteiger partial charge is 0.457 e. The third-order valence-electron chi connectivity index (χ3n) is 7.95. The van der Waals surface area contributed by atoms with Crippen LogP contribution in [0.5, 0.6) is 0 Å². The lowest BCUT2D eigenvalue weighted by Gasteiger charge is -2.54. The number of ketones is 1. The smallest absolute Gasteiger partial charge is 0.308 e. The summed E-state index contributed by atoms with van der Waals surface area (Å²) in [5.74, 6) is -3.79. The molecule has 38 heavy (non-hydrogen) atoms. The number of esters is 1. The molecule has 2 bridgehead atoms. The number of aryl methyl sites for hydroxylation is 1. The molecule has 3 aliphatic carbocycles. The van der Waals surface area contributed by atoms with Crippen molar-refractivity contribution in [2.75, 3.05) is 13.2 Å². The van der Waals surface area contributed by atoms with Crippen LogP contribution in [0.1, 0.15) is 44.6 Å². The zero-order valence-electron chi connectivity index (χ0n) is 20.4. The molecule has 0 unspecified atom stereocenters. The number of imide groups is 1. The summed E-state index contributed by atoms with van der Waals surface area (Å²) in [6.07, 6.45) is -0.247. The van der Waals surface area contributed by atoms with Gasteiger partial charge in [0.2, 0.25) is 11.8 Å². The Morgan fingerprint density at radius 1 is 0.789 bits per heavy atom. The highest BCUT2D eigenvalue weighted by atomic mass is 35.5. The highest BCUT2D eigenvalue weighted by Gasteiger charge is 2.72.